The first-order valence-corrected chi connectivity index (χ1v) is 10.1. The van der Waals surface area contributed by atoms with Gasteiger partial charge < -0.3 is 10.2 Å². The molecule has 27 heavy (non-hydrogen) atoms. The predicted molar refractivity (Wildman–Crippen MR) is 111 cm³/mol. The Labute approximate surface area is 168 Å². The second kappa shape index (κ2) is 9.81. The number of amides is 1. The molecular formula is C22H24BrFN2O. The van der Waals surface area contributed by atoms with Crippen LogP contribution < -0.4 is 5.32 Å². The van der Waals surface area contributed by atoms with Crippen molar-refractivity contribution >= 4 is 27.9 Å². The van der Waals surface area contributed by atoms with Gasteiger partial charge in [0.15, 0.2) is 0 Å². The number of carbonyl (C=O) groups excluding carboxylic acids is 1. The number of benzene rings is 2. The molecule has 0 bridgehead atoms. The summed E-state index contributed by atoms with van der Waals surface area (Å²) >= 11 is 3.41. The van der Waals surface area contributed by atoms with Gasteiger partial charge in [-0.3, -0.25) is 4.79 Å². The molecule has 1 amide bonds. The van der Waals surface area contributed by atoms with Crippen molar-refractivity contribution in [2.45, 2.75) is 19.4 Å². The second-order valence-electron chi connectivity index (χ2n) is 6.91. The zero-order chi connectivity index (χ0) is 19.1. The summed E-state index contributed by atoms with van der Waals surface area (Å²) < 4.78 is 13.9. The highest BCUT2D eigenvalue weighted by molar-refractivity contribution is 9.10. The van der Waals surface area contributed by atoms with Gasteiger partial charge in [0, 0.05) is 30.2 Å². The number of halogens is 2. The largest absolute Gasteiger partial charge is 0.339 e. The highest BCUT2D eigenvalue weighted by Crippen LogP contribution is 2.17. The number of piperidine rings is 1. The number of likely N-dealkylation sites (tertiary alicyclic amines) is 1. The van der Waals surface area contributed by atoms with Crippen LogP contribution >= 0.6 is 15.9 Å². The topological polar surface area (TPSA) is 32.3 Å². The van der Waals surface area contributed by atoms with Gasteiger partial charge in [0.1, 0.15) is 5.82 Å². The lowest BCUT2D eigenvalue weighted by Gasteiger charge is -2.31. The van der Waals surface area contributed by atoms with Crippen LogP contribution in [-0.2, 0) is 11.3 Å². The summed E-state index contributed by atoms with van der Waals surface area (Å²) in [5, 5.41) is 3.44. The average Bonchev–Trinajstić information content (AvgIpc) is 2.69. The minimum atomic E-state index is -0.204. The maximum absolute atomic E-state index is 12.9. The summed E-state index contributed by atoms with van der Waals surface area (Å²) in [6, 6.07) is 14.5. The van der Waals surface area contributed by atoms with E-state index in [-0.39, 0.29) is 11.7 Å². The van der Waals surface area contributed by atoms with E-state index in [0.717, 1.165) is 54.6 Å². The van der Waals surface area contributed by atoms with Crippen LogP contribution in [0.15, 0.2) is 59.1 Å². The number of hydrogen-bond donors (Lipinski definition) is 1. The van der Waals surface area contributed by atoms with Crippen molar-refractivity contribution in [3.8, 4) is 0 Å². The Morgan fingerprint density at radius 1 is 1.11 bits per heavy atom. The van der Waals surface area contributed by atoms with Gasteiger partial charge >= 0.3 is 0 Å². The van der Waals surface area contributed by atoms with Crippen LogP contribution in [0.4, 0.5) is 4.39 Å². The highest BCUT2D eigenvalue weighted by atomic mass is 79.9. The van der Waals surface area contributed by atoms with Crippen molar-refractivity contribution < 1.29 is 9.18 Å². The smallest absolute Gasteiger partial charge is 0.246 e. The molecule has 1 saturated heterocycles. The lowest BCUT2D eigenvalue weighted by atomic mass is 9.96. The molecule has 5 heteroatoms. The zero-order valence-electron chi connectivity index (χ0n) is 15.2. The Bertz CT molecular complexity index is 766. The third kappa shape index (κ3) is 6.29. The number of rotatable bonds is 6. The lowest BCUT2D eigenvalue weighted by Crippen LogP contribution is -2.40. The molecule has 3 rings (SSSR count). The van der Waals surface area contributed by atoms with Gasteiger partial charge in [-0.25, -0.2) is 4.39 Å². The fourth-order valence-electron chi connectivity index (χ4n) is 3.23. The monoisotopic (exact) mass is 430 g/mol. The molecule has 1 fully saturated rings. The standard InChI is InChI=1S/C22H24BrFN2O/c23-20-6-1-17(2-7-20)5-10-22(27)26-13-11-19(12-14-26)16-25-15-18-3-8-21(24)9-4-18/h1-10,19,25H,11-16H2/b10-5+. The summed E-state index contributed by atoms with van der Waals surface area (Å²) in [4.78, 5) is 14.3. The minimum absolute atomic E-state index is 0.0793. The Morgan fingerprint density at radius 2 is 1.78 bits per heavy atom. The Hall–Kier alpha value is -1.98. The van der Waals surface area contributed by atoms with E-state index >= 15 is 0 Å². The van der Waals surface area contributed by atoms with Crippen molar-refractivity contribution in [2.75, 3.05) is 19.6 Å². The molecule has 0 atom stereocenters. The first-order chi connectivity index (χ1) is 13.1. The quantitative estimate of drug-likeness (QED) is 0.677. The molecule has 142 valence electrons. The van der Waals surface area contributed by atoms with Crippen molar-refractivity contribution in [1.82, 2.24) is 10.2 Å². The molecule has 2 aromatic rings. The van der Waals surface area contributed by atoms with Crippen LogP contribution in [0, 0.1) is 11.7 Å². The third-order valence-electron chi connectivity index (χ3n) is 4.89. The van der Waals surface area contributed by atoms with Crippen LogP contribution in [0.3, 0.4) is 0 Å². The average molecular weight is 431 g/mol. The fourth-order valence-corrected chi connectivity index (χ4v) is 3.49. The molecule has 0 aliphatic carbocycles. The molecule has 1 aliphatic heterocycles. The van der Waals surface area contributed by atoms with E-state index in [1.807, 2.05) is 35.2 Å². The summed E-state index contributed by atoms with van der Waals surface area (Å²) in [5.74, 6) is 0.450. The SMILES string of the molecule is O=C(/C=C/c1ccc(Br)cc1)N1CCC(CNCc2ccc(F)cc2)CC1. The molecule has 2 aromatic carbocycles. The molecule has 0 spiro atoms. The molecular weight excluding hydrogens is 407 g/mol. The van der Waals surface area contributed by atoms with Gasteiger partial charge in [0.25, 0.3) is 0 Å². The zero-order valence-corrected chi connectivity index (χ0v) is 16.8. The molecule has 0 unspecified atom stereocenters. The van der Waals surface area contributed by atoms with Crippen molar-refractivity contribution in [3.63, 3.8) is 0 Å². The normalized spacial score (nSPS) is 15.4. The minimum Gasteiger partial charge on any atom is -0.339 e. The number of carbonyl (C=O) groups is 1. The van der Waals surface area contributed by atoms with Crippen LogP contribution in [0.2, 0.25) is 0 Å². The third-order valence-corrected chi connectivity index (χ3v) is 5.42. The summed E-state index contributed by atoms with van der Waals surface area (Å²) in [7, 11) is 0. The van der Waals surface area contributed by atoms with E-state index < -0.39 is 0 Å². The lowest BCUT2D eigenvalue weighted by molar-refractivity contribution is -0.127. The van der Waals surface area contributed by atoms with Crippen molar-refractivity contribution in [1.29, 1.82) is 0 Å². The second-order valence-corrected chi connectivity index (χ2v) is 7.83. The number of nitrogens with one attached hydrogen (secondary N) is 1. The number of nitrogens with zero attached hydrogens (tertiary/aromatic N) is 1. The predicted octanol–water partition coefficient (Wildman–Crippen LogP) is 4.63. The van der Waals surface area contributed by atoms with Gasteiger partial charge in [-0.1, -0.05) is 40.2 Å². The van der Waals surface area contributed by atoms with Crippen molar-refractivity contribution in [2.24, 2.45) is 5.92 Å². The summed E-state index contributed by atoms with van der Waals surface area (Å²) in [5.41, 5.74) is 2.11. The van der Waals surface area contributed by atoms with Crippen LogP contribution in [0.5, 0.6) is 0 Å². The molecule has 0 aromatic heterocycles. The molecule has 3 nitrogen and oxygen atoms in total. The number of hydrogen-bond acceptors (Lipinski definition) is 2. The van der Waals surface area contributed by atoms with E-state index in [0.29, 0.717) is 5.92 Å². The van der Waals surface area contributed by atoms with E-state index in [1.165, 1.54) is 12.1 Å². The molecule has 0 radical (unpaired) electrons. The molecule has 1 N–H and O–H groups in total. The summed E-state index contributed by atoms with van der Waals surface area (Å²) in [6.45, 7) is 3.27. The maximum atomic E-state index is 12.9. The first kappa shape index (κ1) is 19.8. The fraction of sp³-hybridized carbons (Fsp3) is 0.318. The highest BCUT2D eigenvalue weighted by Gasteiger charge is 2.21. The van der Waals surface area contributed by atoms with Gasteiger partial charge in [-0.15, -0.1) is 0 Å². The van der Waals surface area contributed by atoms with E-state index in [2.05, 4.69) is 21.2 Å². The van der Waals surface area contributed by atoms with Crippen LogP contribution in [-0.4, -0.2) is 30.4 Å². The van der Waals surface area contributed by atoms with E-state index in [9.17, 15) is 9.18 Å². The maximum Gasteiger partial charge on any atom is 0.246 e. The molecule has 1 heterocycles. The molecule has 1 aliphatic rings. The Morgan fingerprint density at radius 3 is 2.44 bits per heavy atom. The Kier molecular flexibility index (Phi) is 7.18. The van der Waals surface area contributed by atoms with Gasteiger partial charge in [0.05, 0.1) is 0 Å². The summed E-state index contributed by atoms with van der Waals surface area (Å²) in [6.07, 6.45) is 5.55. The van der Waals surface area contributed by atoms with Crippen LogP contribution in [0.25, 0.3) is 6.08 Å². The van der Waals surface area contributed by atoms with Gasteiger partial charge in [-0.2, -0.15) is 0 Å². The molecule has 0 saturated carbocycles. The van der Waals surface area contributed by atoms with Crippen LogP contribution in [0.1, 0.15) is 24.0 Å². The first-order valence-electron chi connectivity index (χ1n) is 9.28. The van der Waals surface area contributed by atoms with E-state index in [1.54, 1.807) is 18.2 Å². The van der Waals surface area contributed by atoms with Gasteiger partial charge in [0.2, 0.25) is 5.91 Å². The van der Waals surface area contributed by atoms with E-state index in [4.69, 9.17) is 0 Å². The van der Waals surface area contributed by atoms with Gasteiger partial charge in [-0.05, 0) is 66.8 Å². The van der Waals surface area contributed by atoms with Crippen molar-refractivity contribution in [3.05, 3.63) is 76.0 Å². The Balaban J connectivity index is 1.38.